The van der Waals surface area contributed by atoms with E-state index in [2.05, 4.69) is 4.98 Å². The third-order valence-electron chi connectivity index (χ3n) is 1.69. The zero-order valence-corrected chi connectivity index (χ0v) is 8.82. The Morgan fingerprint density at radius 3 is 2.79 bits per heavy atom. The van der Waals surface area contributed by atoms with Gasteiger partial charge in [-0.05, 0) is 12.1 Å². The molecule has 0 N–H and O–H groups in total. The second kappa shape index (κ2) is 4.77. The van der Waals surface area contributed by atoms with Gasteiger partial charge >= 0.3 is 0 Å². The number of pyridine rings is 1. The van der Waals surface area contributed by atoms with E-state index >= 15 is 0 Å². The van der Waals surface area contributed by atoms with Crippen molar-refractivity contribution in [2.75, 3.05) is 14.1 Å². The highest BCUT2D eigenvalue weighted by molar-refractivity contribution is 6.30. The highest BCUT2D eigenvalue weighted by Gasteiger charge is 2.05. The molecule has 0 aliphatic carbocycles. The minimum Gasteiger partial charge on any atom is -0.376 e. The molecule has 0 unspecified atom stereocenters. The van der Waals surface area contributed by atoms with Gasteiger partial charge in [0.1, 0.15) is 6.29 Å². The summed E-state index contributed by atoms with van der Waals surface area (Å²) < 4.78 is 0. The minimum absolute atomic E-state index is 0.605. The lowest BCUT2D eigenvalue weighted by atomic mass is 10.2. The number of halogens is 1. The molecule has 0 spiro atoms. The summed E-state index contributed by atoms with van der Waals surface area (Å²) in [4.78, 5) is 16.4. The maximum Gasteiger partial charge on any atom is 0.144 e. The van der Waals surface area contributed by atoms with E-state index in [0.717, 1.165) is 12.0 Å². The predicted molar refractivity (Wildman–Crippen MR) is 57.0 cm³/mol. The van der Waals surface area contributed by atoms with Gasteiger partial charge in [0.2, 0.25) is 0 Å². The van der Waals surface area contributed by atoms with Crippen molar-refractivity contribution >= 4 is 23.6 Å². The molecule has 3 nitrogen and oxygen atoms in total. The quantitative estimate of drug-likeness (QED) is 0.564. The van der Waals surface area contributed by atoms with Crippen LogP contribution < -0.4 is 0 Å². The lowest BCUT2D eigenvalue weighted by molar-refractivity contribution is -0.104. The number of aromatic nitrogens is 1. The Morgan fingerprint density at radius 2 is 2.29 bits per heavy atom. The van der Waals surface area contributed by atoms with Crippen LogP contribution in [0.4, 0.5) is 0 Å². The summed E-state index contributed by atoms with van der Waals surface area (Å²) in [6.07, 6.45) is 3.80. The van der Waals surface area contributed by atoms with Crippen LogP contribution in [0, 0.1) is 0 Å². The van der Waals surface area contributed by atoms with Crippen LogP contribution in [0.1, 0.15) is 5.69 Å². The van der Waals surface area contributed by atoms with Crippen LogP contribution in [-0.4, -0.2) is 30.3 Å². The number of carbonyl (C=O) groups excluding carboxylic acids is 1. The maximum atomic E-state index is 10.4. The van der Waals surface area contributed by atoms with E-state index in [-0.39, 0.29) is 0 Å². The van der Waals surface area contributed by atoms with E-state index in [4.69, 9.17) is 11.6 Å². The van der Waals surface area contributed by atoms with E-state index in [9.17, 15) is 4.79 Å². The number of carbonyl (C=O) groups is 1. The first-order valence-electron chi connectivity index (χ1n) is 4.10. The molecule has 1 heterocycles. The Balaban J connectivity index is 3.12. The molecular formula is C10H11ClN2O. The summed E-state index contributed by atoms with van der Waals surface area (Å²) in [5, 5.41) is 0.605. The first-order valence-corrected chi connectivity index (χ1v) is 4.47. The topological polar surface area (TPSA) is 33.2 Å². The number of nitrogens with zero attached hydrogens (tertiary/aromatic N) is 2. The van der Waals surface area contributed by atoms with Gasteiger partial charge in [0.15, 0.2) is 0 Å². The molecule has 0 aliphatic heterocycles. The van der Waals surface area contributed by atoms with Crippen LogP contribution in [0.15, 0.2) is 24.4 Å². The van der Waals surface area contributed by atoms with Gasteiger partial charge in [0, 0.05) is 31.4 Å². The van der Waals surface area contributed by atoms with E-state index in [1.807, 2.05) is 19.0 Å². The van der Waals surface area contributed by atoms with Gasteiger partial charge < -0.3 is 4.90 Å². The fourth-order valence-electron chi connectivity index (χ4n) is 1.07. The summed E-state index contributed by atoms with van der Waals surface area (Å²) in [5.41, 5.74) is 1.43. The third-order valence-corrected chi connectivity index (χ3v) is 1.93. The fraction of sp³-hybridized carbons (Fsp3) is 0.200. The third kappa shape index (κ3) is 2.57. The molecular weight excluding hydrogens is 200 g/mol. The molecule has 1 aromatic rings. The summed E-state index contributed by atoms with van der Waals surface area (Å²) >= 11 is 5.82. The van der Waals surface area contributed by atoms with Gasteiger partial charge in [0.05, 0.1) is 11.4 Å². The van der Waals surface area contributed by atoms with Gasteiger partial charge in [-0.15, -0.1) is 0 Å². The number of hydrogen-bond donors (Lipinski definition) is 0. The zero-order chi connectivity index (χ0) is 10.6. The number of allylic oxidation sites excluding steroid dienone is 1. The van der Waals surface area contributed by atoms with Crippen molar-refractivity contribution in [1.82, 2.24) is 9.88 Å². The van der Waals surface area contributed by atoms with Gasteiger partial charge in [-0.25, -0.2) is 0 Å². The average molecular weight is 211 g/mol. The Bertz CT molecular complexity index is 361. The van der Waals surface area contributed by atoms with Crippen molar-refractivity contribution in [3.05, 3.63) is 35.1 Å². The van der Waals surface area contributed by atoms with Crippen molar-refractivity contribution in [2.45, 2.75) is 0 Å². The molecule has 0 bridgehead atoms. The summed E-state index contributed by atoms with van der Waals surface area (Å²) in [7, 11) is 3.69. The molecule has 0 aliphatic rings. The summed E-state index contributed by atoms with van der Waals surface area (Å²) in [5.74, 6) is 0. The van der Waals surface area contributed by atoms with E-state index in [1.165, 1.54) is 6.08 Å². The summed E-state index contributed by atoms with van der Waals surface area (Å²) in [6.45, 7) is 0. The van der Waals surface area contributed by atoms with Crippen LogP contribution in [0.3, 0.4) is 0 Å². The van der Waals surface area contributed by atoms with Crippen molar-refractivity contribution in [1.29, 1.82) is 0 Å². The van der Waals surface area contributed by atoms with Gasteiger partial charge in [-0.3, -0.25) is 9.78 Å². The molecule has 0 saturated heterocycles. The second-order valence-corrected chi connectivity index (χ2v) is 3.38. The van der Waals surface area contributed by atoms with Crippen LogP contribution in [0.25, 0.3) is 5.70 Å². The monoisotopic (exact) mass is 210 g/mol. The molecule has 0 saturated carbocycles. The molecule has 0 fully saturated rings. The number of rotatable bonds is 3. The molecule has 0 aromatic carbocycles. The second-order valence-electron chi connectivity index (χ2n) is 2.94. The molecule has 0 radical (unpaired) electrons. The SMILES string of the molecule is CN(C)/C(=C/C=O)c1cc(Cl)ccn1. The Morgan fingerprint density at radius 1 is 1.57 bits per heavy atom. The molecule has 4 heteroatoms. The first kappa shape index (κ1) is 10.7. The summed E-state index contributed by atoms with van der Waals surface area (Å²) in [6, 6.07) is 3.41. The molecule has 1 rings (SSSR count). The van der Waals surface area contributed by atoms with Crippen molar-refractivity contribution in [3.63, 3.8) is 0 Å². The highest BCUT2D eigenvalue weighted by Crippen LogP contribution is 2.17. The van der Waals surface area contributed by atoms with Crippen molar-refractivity contribution < 1.29 is 4.79 Å². The largest absolute Gasteiger partial charge is 0.376 e. The lowest BCUT2D eigenvalue weighted by Gasteiger charge is -2.15. The van der Waals surface area contributed by atoms with E-state index in [1.54, 1.807) is 18.3 Å². The standard InChI is InChI=1S/C10H11ClN2O/c1-13(2)10(4-6-14)9-7-8(11)3-5-12-9/h3-7H,1-2H3/b10-4+. The van der Waals surface area contributed by atoms with Crippen molar-refractivity contribution in [2.24, 2.45) is 0 Å². The van der Waals surface area contributed by atoms with Gasteiger partial charge in [-0.1, -0.05) is 11.6 Å². The molecule has 14 heavy (non-hydrogen) atoms. The molecule has 74 valence electrons. The fourth-order valence-corrected chi connectivity index (χ4v) is 1.23. The molecule has 1 aromatic heterocycles. The van der Waals surface area contributed by atoms with Crippen LogP contribution in [0.5, 0.6) is 0 Å². The smallest absolute Gasteiger partial charge is 0.144 e. The minimum atomic E-state index is 0.605. The Labute approximate surface area is 88.0 Å². The number of aldehydes is 1. The van der Waals surface area contributed by atoms with E-state index < -0.39 is 0 Å². The lowest BCUT2D eigenvalue weighted by Crippen LogP contribution is -2.11. The van der Waals surface area contributed by atoms with Crippen molar-refractivity contribution in [3.8, 4) is 0 Å². The molecule has 0 atom stereocenters. The number of hydrogen-bond acceptors (Lipinski definition) is 3. The zero-order valence-electron chi connectivity index (χ0n) is 8.07. The normalized spacial score (nSPS) is 11.2. The Kier molecular flexibility index (Phi) is 3.65. The Hall–Kier alpha value is -1.35. The highest BCUT2D eigenvalue weighted by atomic mass is 35.5. The first-order chi connectivity index (χ1) is 6.65. The average Bonchev–Trinajstić information content (AvgIpc) is 2.13. The van der Waals surface area contributed by atoms with Crippen LogP contribution in [0.2, 0.25) is 5.02 Å². The maximum absolute atomic E-state index is 10.4. The van der Waals surface area contributed by atoms with Gasteiger partial charge in [-0.2, -0.15) is 0 Å². The van der Waals surface area contributed by atoms with Crippen LogP contribution >= 0.6 is 11.6 Å². The predicted octanol–water partition coefficient (Wildman–Crippen LogP) is 1.84. The van der Waals surface area contributed by atoms with Crippen LogP contribution in [-0.2, 0) is 4.79 Å². The van der Waals surface area contributed by atoms with E-state index in [0.29, 0.717) is 10.7 Å². The molecule has 0 amide bonds. The van der Waals surface area contributed by atoms with Gasteiger partial charge in [0.25, 0.3) is 0 Å².